The molecule has 0 saturated heterocycles. The van der Waals surface area contributed by atoms with Gasteiger partial charge in [-0.05, 0) is 80.0 Å². The third-order valence-electron chi connectivity index (χ3n) is 7.51. The molecular weight excluding hydrogens is 239 g/mol. The van der Waals surface area contributed by atoms with Gasteiger partial charge in [-0.3, -0.25) is 9.18 Å². The summed E-state index contributed by atoms with van der Waals surface area (Å²) < 4.78 is 12.9. The van der Waals surface area contributed by atoms with Gasteiger partial charge in [0.1, 0.15) is 5.78 Å². The lowest BCUT2D eigenvalue weighted by Crippen LogP contribution is -2.41. The Balaban J connectivity index is 1.61. The summed E-state index contributed by atoms with van der Waals surface area (Å²) in [6, 6.07) is 0. The second kappa shape index (κ2) is 3.83. The lowest BCUT2D eigenvalue weighted by atomic mass is 9.59. The summed E-state index contributed by atoms with van der Waals surface area (Å²) >= 11 is 0. The molecule has 0 aromatic heterocycles. The van der Waals surface area contributed by atoms with E-state index in [1.54, 1.807) is 6.92 Å². The van der Waals surface area contributed by atoms with Gasteiger partial charge in [0.2, 0.25) is 0 Å². The van der Waals surface area contributed by atoms with Gasteiger partial charge in [0.25, 0.3) is 0 Å². The van der Waals surface area contributed by atoms with Gasteiger partial charge in [-0.25, -0.2) is 0 Å². The molecule has 0 aromatic rings. The number of alkyl halides is 1. The number of halogens is 1. The van der Waals surface area contributed by atoms with E-state index in [1.807, 2.05) is 0 Å². The van der Waals surface area contributed by atoms with E-state index >= 15 is 0 Å². The first-order chi connectivity index (χ1) is 9.05. The van der Waals surface area contributed by atoms with Gasteiger partial charge >= 0.3 is 0 Å². The minimum Gasteiger partial charge on any atom is -0.300 e. The van der Waals surface area contributed by atoms with Crippen LogP contribution in [0.3, 0.4) is 0 Å². The molecule has 4 aliphatic carbocycles. The molecule has 0 aromatic carbocycles. The molecule has 4 aliphatic rings. The number of hydrogen-bond donors (Lipinski definition) is 0. The molecule has 0 radical (unpaired) electrons. The van der Waals surface area contributed by atoms with Crippen LogP contribution >= 0.6 is 0 Å². The Labute approximate surface area is 115 Å². The van der Waals surface area contributed by atoms with Crippen LogP contribution in [0.15, 0.2) is 0 Å². The maximum absolute atomic E-state index is 12.9. The lowest BCUT2D eigenvalue weighted by molar-refractivity contribution is -0.124. The number of Topliss-reactive ketones (excluding diaryl/α,β-unsaturated/α-hetero) is 1. The van der Waals surface area contributed by atoms with Crippen LogP contribution in [0.1, 0.15) is 46.0 Å². The van der Waals surface area contributed by atoms with Gasteiger partial charge < -0.3 is 0 Å². The zero-order valence-electron chi connectivity index (χ0n) is 12.1. The third kappa shape index (κ3) is 1.44. The number of rotatable bonds is 3. The highest BCUT2D eigenvalue weighted by molar-refractivity contribution is 5.79. The molecule has 1 nitrogen and oxygen atoms in total. The first-order valence-electron chi connectivity index (χ1n) is 8.11. The molecule has 4 saturated carbocycles. The van der Waals surface area contributed by atoms with Crippen molar-refractivity contribution >= 4 is 5.78 Å². The fraction of sp³-hybridized carbons (Fsp3) is 0.941. The van der Waals surface area contributed by atoms with Crippen LogP contribution in [0.4, 0.5) is 4.39 Å². The first-order valence-corrected chi connectivity index (χ1v) is 8.11. The Hall–Kier alpha value is -0.400. The van der Waals surface area contributed by atoms with Crippen molar-refractivity contribution in [3.63, 3.8) is 0 Å². The van der Waals surface area contributed by atoms with E-state index in [0.717, 1.165) is 42.4 Å². The summed E-state index contributed by atoms with van der Waals surface area (Å²) in [5.74, 6) is 5.53. The minimum atomic E-state index is -0.152. The van der Waals surface area contributed by atoms with Crippen LogP contribution in [0.25, 0.3) is 0 Å². The van der Waals surface area contributed by atoms with Gasteiger partial charge in [-0.1, -0.05) is 6.92 Å². The summed E-state index contributed by atoms with van der Waals surface area (Å²) in [4.78, 5) is 11.8. The average molecular weight is 264 g/mol. The second-order valence-corrected chi connectivity index (χ2v) is 8.17. The summed E-state index contributed by atoms with van der Waals surface area (Å²) in [5, 5.41) is 0. The molecule has 106 valence electrons. The molecule has 0 N–H and O–H groups in total. The van der Waals surface area contributed by atoms with Crippen molar-refractivity contribution in [2.45, 2.75) is 46.0 Å². The van der Waals surface area contributed by atoms with E-state index in [0.29, 0.717) is 17.6 Å². The van der Waals surface area contributed by atoms with E-state index in [9.17, 15) is 9.18 Å². The number of hydrogen-bond acceptors (Lipinski definition) is 1. The SMILES string of the molecule is CC(=O)C1CC2CC1C1C3CC(C21)C(C)(CCF)C3. The normalized spacial score (nSPS) is 57.7. The molecule has 0 spiro atoms. The van der Waals surface area contributed by atoms with Crippen LogP contribution in [-0.2, 0) is 4.79 Å². The highest BCUT2D eigenvalue weighted by Crippen LogP contribution is 2.73. The van der Waals surface area contributed by atoms with Crippen LogP contribution in [-0.4, -0.2) is 12.5 Å². The van der Waals surface area contributed by atoms with E-state index < -0.39 is 0 Å². The molecular formula is C17H25FO. The van der Waals surface area contributed by atoms with Gasteiger partial charge in [-0.15, -0.1) is 0 Å². The predicted molar refractivity (Wildman–Crippen MR) is 72.3 cm³/mol. The Morgan fingerprint density at radius 1 is 1.21 bits per heavy atom. The highest BCUT2D eigenvalue weighted by atomic mass is 19.1. The van der Waals surface area contributed by atoms with Crippen LogP contribution in [0, 0.1) is 46.8 Å². The number of carbonyl (C=O) groups excluding carboxylic acids is 1. The van der Waals surface area contributed by atoms with Crippen molar-refractivity contribution in [3.8, 4) is 0 Å². The van der Waals surface area contributed by atoms with E-state index in [4.69, 9.17) is 0 Å². The van der Waals surface area contributed by atoms with Gasteiger partial charge in [-0.2, -0.15) is 0 Å². The molecule has 8 atom stereocenters. The fourth-order valence-corrected chi connectivity index (χ4v) is 7.04. The first kappa shape index (κ1) is 12.3. The maximum Gasteiger partial charge on any atom is 0.133 e. The number of carbonyl (C=O) groups is 1. The summed E-state index contributed by atoms with van der Waals surface area (Å²) in [6.07, 6.45) is 5.79. The quantitative estimate of drug-likeness (QED) is 0.707. The second-order valence-electron chi connectivity index (χ2n) is 8.17. The molecule has 4 rings (SSSR count). The predicted octanol–water partition coefficient (Wildman–Crippen LogP) is 3.87. The molecule has 2 heteroatoms. The van der Waals surface area contributed by atoms with Crippen molar-refractivity contribution in [3.05, 3.63) is 0 Å². The summed E-state index contributed by atoms with van der Waals surface area (Å²) in [5.41, 5.74) is 0.275. The Morgan fingerprint density at radius 2 is 2.00 bits per heavy atom. The van der Waals surface area contributed by atoms with Gasteiger partial charge in [0.05, 0.1) is 6.67 Å². The fourth-order valence-electron chi connectivity index (χ4n) is 7.04. The van der Waals surface area contributed by atoms with Crippen molar-refractivity contribution in [2.24, 2.45) is 46.8 Å². The molecule has 0 heterocycles. The van der Waals surface area contributed by atoms with Gasteiger partial charge in [0, 0.05) is 5.92 Å². The maximum atomic E-state index is 12.9. The Morgan fingerprint density at radius 3 is 2.68 bits per heavy atom. The number of fused-ring (bicyclic) bond motifs is 9. The number of ketones is 1. The van der Waals surface area contributed by atoms with Gasteiger partial charge in [0.15, 0.2) is 0 Å². The largest absolute Gasteiger partial charge is 0.300 e. The molecule has 0 amide bonds. The monoisotopic (exact) mass is 264 g/mol. The molecule has 19 heavy (non-hydrogen) atoms. The zero-order chi connectivity index (χ0) is 13.4. The summed E-state index contributed by atoms with van der Waals surface area (Å²) in [7, 11) is 0. The molecule has 4 fully saturated rings. The highest BCUT2D eigenvalue weighted by Gasteiger charge is 2.67. The van der Waals surface area contributed by atoms with E-state index in [1.165, 1.54) is 19.3 Å². The van der Waals surface area contributed by atoms with Crippen molar-refractivity contribution in [2.75, 3.05) is 6.67 Å². The topological polar surface area (TPSA) is 17.1 Å². The van der Waals surface area contributed by atoms with Crippen LogP contribution in [0.2, 0.25) is 0 Å². The third-order valence-corrected chi connectivity index (χ3v) is 7.51. The minimum absolute atomic E-state index is 0.152. The average Bonchev–Trinajstić information content (AvgIpc) is 3.02. The molecule has 8 unspecified atom stereocenters. The smallest absolute Gasteiger partial charge is 0.133 e. The zero-order valence-corrected chi connectivity index (χ0v) is 12.1. The molecule has 0 aliphatic heterocycles. The Bertz CT molecular complexity index is 419. The Kier molecular flexibility index (Phi) is 2.49. The summed E-state index contributed by atoms with van der Waals surface area (Å²) in [6.45, 7) is 3.98. The van der Waals surface area contributed by atoms with E-state index in [-0.39, 0.29) is 12.1 Å². The lowest BCUT2D eigenvalue weighted by Gasteiger charge is -2.46. The van der Waals surface area contributed by atoms with Crippen molar-refractivity contribution < 1.29 is 9.18 Å². The van der Waals surface area contributed by atoms with Crippen molar-refractivity contribution in [1.29, 1.82) is 0 Å². The van der Waals surface area contributed by atoms with E-state index in [2.05, 4.69) is 6.92 Å². The van der Waals surface area contributed by atoms with Crippen molar-refractivity contribution in [1.82, 2.24) is 0 Å². The standard InChI is InChI=1S/C17H25FO/c1-9(19)12-5-10-6-13(12)15-11-7-14(16(10)15)17(2,8-11)3-4-18/h10-16H,3-8H2,1-2H3. The van der Waals surface area contributed by atoms with Crippen LogP contribution in [0.5, 0.6) is 0 Å². The van der Waals surface area contributed by atoms with Crippen LogP contribution < -0.4 is 0 Å². The molecule has 4 bridgehead atoms.